The van der Waals surface area contributed by atoms with Gasteiger partial charge in [0.1, 0.15) is 6.07 Å². The summed E-state index contributed by atoms with van der Waals surface area (Å²) in [6.45, 7) is 6.07. The Labute approximate surface area is 194 Å². The van der Waals surface area contributed by atoms with Gasteiger partial charge in [-0.05, 0) is 44.2 Å². The topological polar surface area (TPSA) is 79.5 Å². The average molecular weight is 435 g/mol. The summed E-state index contributed by atoms with van der Waals surface area (Å²) in [7, 11) is 0. The number of aryl methyl sites for hydroxylation is 1. The number of ketones is 1. The minimum Gasteiger partial charge on any atom is -0.293 e. The molecule has 0 unspecified atom stereocenters. The number of nitrogens with zero attached hydrogens (tertiary/aromatic N) is 4. The molecule has 2 aliphatic carbocycles. The molecule has 0 saturated carbocycles. The highest BCUT2D eigenvalue weighted by Gasteiger charge is 2.48. The number of hydrogen-bond acceptors (Lipinski definition) is 5. The third-order valence-corrected chi connectivity index (χ3v) is 7.28. The number of allylic oxidation sites excluding steroid dienone is 2. The second-order valence-corrected chi connectivity index (χ2v) is 9.38. The minimum absolute atomic E-state index is 0.0502. The van der Waals surface area contributed by atoms with Crippen molar-refractivity contribution in [1.82, 2.24) is 15.0 Å². The Bertz CT molecular complexity index is 1320. The maximum atomic E-state index is 12.9. The number of aromatic nitrogens is 3. The zero-order chi connectivity index (χ0) is 23.2. The summed E-state index contributed by atoms with van der Waals surface area (Å²) in [5.74, 6) is 0.471. The van der Waals surface area contributed by atoms with Crippen molar-refractivity contribution in [3.63, 3.8) is 0 Å². The number of carbonyl (C=O) groups excluding carboxylic acids is 1. The zero-order valence-electron chi connectivity index (χ0n) is 19.2. The lowest BCUT2D eigenvalue weighted by molar-refractivity contribution is -0.121. The van der Waals surface area contributed by atoms with Gasteiger partial charge in [-0.1, -0.05) is 50.3 Å². The number of fused-ring (bicyclic) bond motifs is 3. The fourth-order valence-electron chi connectivity index (χ4n) is 5.62. The van der Waals surface area contributed by atoms with Crippen LogP contribution in [0.15, 0.2) is 60.3 Å². The second-order valence-electron chi connectivity index (χ2n) is 9.38. The maximum Gasteiger partial charge on any atom is 0.176 e. The van der Waals surface area contributed by atoms with Gasteiger partial charge in [-0.15, -0.1) is 0 Å². The molecule has 2 heterocycles. The summed E-state index contributed by atoms with van der Waals surface area (Å²) in [6, 6.07) is 16.3. The van der Waals surface area contributed by atoms with Gasteiger partial charge in [0.05, 0.1) is 17.0 Å². The molecule has 164 valence electrons. The summed E-state index contributed by atoms with van der Waals surface area (Å²) >= 11 is 0. The molecule has 0 saturated heterocycles. The number of hydrogen-bond donors (Lipinski definition) is 0. The molecule has 5 nitrogen and oxygen atoms in total. The van der Waals surface area contributed by atoms with E-state index in [2.05, 4.69) is 30.1 Å². The first-order valence-electron chi connectivity index (χ1n) is 11.5. The lowest BCUT2D eigenvalue weighted by Crippen LogP contribution is -2.42. The van der Waals surface area contributed by atoms with Crippen LogP contribution in [0.3, 0.4) is 0 Å². The Morgan fingerprint density at radius 1 is 1.12 bits per heavy atom. The molecule has 0 spiro atoms. The molecule has 0 aliphatic heterocycles. The average Bonchev–Trinajstić information content (AvgIpc) is 2.98. The Morgan fingerprint density at radius 2 is 1.91 bits per heavy atom. The van der Waals surface area contributed by atoms with E-state index in [4.69, 9.17) is 9.97 Å². The van der Waals surface area contributed by atoms with E-state index in [9.17, 15) is 10.1 Å². The Hall–Kier alpha value is -3.65. The first kappa shape index (κ1) is 21.2. The van der Waals surface area contributed by atoms with Gasteiger partial charge in [0.25, 0.3) is 0 Å². The predicted octanol–water partition coefficient (Wildman–Crippen LogP) is 5.39. The van der Waals surface area contributed by atoms with E-state index in [0.717, 1.165) is 53.0 Å². The highest BCUT2D eigenvalue weighted by Crippen LogP contribution is 2.49. The largest absolute Gasteiger partial charge is 0.293 e. The van der Waals surface area contributed by atoms with E-state index >= 15 is 0 Å². The van der Waals surface area contributed by atoms with Crippen LogP contribution in [0.1, 0.15) is 43.6 Å². The van der Waals surface area contributed by atoms with Crippen molar-refractivity contribution >= 4 is 5.78 Å². The molecule has 0 amide bonds. The second kappa shape index (κ2) is 8.04. The molecule has 0 radical (unpaired) electrons. The monoisotopic (exact) mass is 434 g/mol. The molecule has 0 fully saturated rings. The maximum absolute atomic E-state index is 12.9. The molecule has 2 aliphatic rings. The minimum atomic E-state index is -0.520. The summed E-state index contributed by atoms with van der Waals surface area (Å²) in [6.07, 6.45) is 6.37. The van der Waals surface area contributed by atoms with Gasteiger partial charge in [0, 0.05) is 39.9 Å². The Balaban J connectivity index is 1.84. The van der Waals surface area contributed by atoms with Crippen molar-refractivity contribution in [2.75, 3.05) is 0 Å². The Morgan fingerprint density at radius 3 is 2.64 bits per heavy atom. The van der Waals surface area contributed by atoms with Crippen molar-refractivity contribution < 1.29 is 4.79 Å². The molecule has 3 aromatic rings. The zero-order valence-corrected chi connectivity index (χ0v) is 19.2. The molecular formula is C28H26N4O. The molecule has 0 bridgehead atoms. The van der Waals surface area contributed by atoms with Crippen molar-refractivity contribution in [3.8, 4) is 28.7 Å². The van der Waals surface area contributed by atoms with Gasteiger partial charge in [-0.2, -0.15) is 5.26 Å². The van der Waals surface area contributed by atoms with Crippen LogP contribution in [0.4, 0.5) is 0 Å². The van der Waals surface area contributed by atoms with Crippen molar-refractivity contribution in [3.05, 3.63) is 77.3 Å². The number of rotatable bonds is 2. The summed E-state index contributed by atoms with van der Waals surface area (Å²) in [5, 5.41) is 9.72. The van der Waals surface area contributed by atoms with Gasteiger partial charge in [-0.25, -0.2) is 9.97 Å². The van der Waals surface area contributed by atoms with E-state index in [1.165, 1.54) is 0 Å². The quantitative estimate of drug-likeness (QED) is 0.540. The van der Waals surface area contributed by atoms with Gasteiger partial charge in [-0.3, -0.25) is 9.78 Å². The van der Waals surface area contributed by atoms with Crippen LogP contribution < -0.4 is 0 Å². The highest BCUT2D eigenvalue weighted by molar-refractivity contribution is 6.02. The van der Waals surface area contributed by atoms with Crippen molar-refractivity contribution in [2.45, 2.75) is 45.4 Å². The fourth-order valence-corrected chi connectivity index (χ4v) is 5.62. The number of carbonyl (C=O) groups is 1. The third-order valence-electron chi connectivity index (χ3n) is 7.28. The van der Waals surface area contributed by atoms with Crippen LogP contribution >= 0.6 is 0 Å². The number of Topliss-reactive ketones (excluding diaryl/α,β-unsaturated/α-hetero) is 1. The number of nitriles is 1. The fraction of sp³-hybridized carbons (Fsp3) is 0.321. The van der Waals surface area contributed by atoms with Gasteiger partial charge in [0.15, 0.2) is 11.6 Å². The van der Waals surface area contributed by atoms with Gasteiger partial charge < -0.3 is 0 Å². The SMILES string of the molecule is Cc1cc(-c2nc(-c3ccccc3)c3c(n2)[C@]2(C)C=C(C#N)C(=O)[C@H](C)[C@H]2CCC3)ccn1. The van der Waals surface area contributed by atoms with Crippen LogP contribution in [-0.2, 0) is 16.6 Å². The Kier molecular flexibility index (Phi) is 5.17. The standard InChI is InChI=1S/C28H26N4O/c1-17-14-20(12-13-30-17)27-31-24(19-8-5-4-6-9-19)22-10-7-11-23-18(2)25(33)21(16-29)15-28(23,3)26(22)32-27/h4-6,8-9,12-15,18,23H,7,10-11H2,1-3H3/t18-,23-,28-/m1/s1. The highest BCUT2D eigenvalue weighted by atomic mass is 16.1. The first-order valence-corrected chi connectivity index (χ1v) is 11.5. The molecule has 5 heteroatoms. The van der Waals surface area contributed by atoms with Crippen molar-refractivity contribution in [1.29, 1.82) is 5.26 Å². The van der Waals surface area contributed by atoms with E-state index in [-0.39, 0.29) is 23.2 Å². The molecule has 0 N–H and O–H groups in total. The lowest BCUT2D eigenvalue weighted by Gasteiger charge is -2.41. The molecular weight excluding hydrogens is 408 g/mol. The van der Waals surface area contributed by atoms with Crippen LogP contribution in [0.25, 0.3) is 22.6 Å². The smallest absolute Gasteiger partial charge is 0.176 e. The van der Waals surface area contributed by atoms with Crippen LogP contribution in [0.2, 0.25) is 0 Å². The number of benzene rings is 1. The molecule has 33 heavy (non-hydrogen) atoms. The van der Waals surface area contributed by atoms with E-state index in [1.54, 1.807) is 6.20 Å². The normalized spacial score (nSPS) is 24.2. The molecule has 1 aromatic carbocycles. The number of pyridine rings is 1. The van der Waals surface area contributed by atoms with Gasteiger partial charge >= 0.3 is 0 Å². The lowest BCUT2D eigenvalue weighted by atomic mass is 9.61. The van der Waals surface area contributed by atoms with Crippen LogP contribution in [0.5, 0.6) is 0 Å². The predicted molar refractivity (Wildman–Crippen MR) is 127 cm³/mol. The van der Waals surface area contributed by atoms with Gasteiger partial charge in [0.2, 0.25) is 0 Å². The molecule has 2 aromatic heterocycles. The van der Waals surface area contributed by atoms with Crippen LogP contribution in [0, 0.1) is 30.1 Å². The first-order chi connectivity index (χ1) is 15.9. The van der Waals surface area contributed by atoms with E-state index < -0.39 is 5.41 Å². The molecule has 5 rings (SSSR count). The van der Waals surface area contributed by atoms with E-state index in [0.29, 0.717) is 5.82 Å². The van der Waals surface area contributed by atoms with E-state index in [1.807, 2.05) is 50.3 Å². The summed E-state index contributed by atoms with van der Waals surface area (Å²) in [5.41, 5.74) is 5.59. The third kappa shape index (κ3) is 3.47. The summed E-state index contributed by atoms with van der Waals surface area (Å²) < 4.78 is 0. The summed E-state index contributed by atoms with van der Waals surface area (Å²) in [4.78, 5) is 27.4. The molecule has 3 atom stereocenters. The van der Waals surface area contributed by atoms with Crippen LogP contribution in [-0.4, -0.2) is 20.7 Å². The van der Waals surface area contributed by atoms with Crippen molar-refractivity contribution in [2.24, 2.45) is 11.8 Å².